The van der Waals surface area contributed by atoms with E-state index in [4.69, 9.17) is 47.4 Å². The van der Waals surface area contributed by atoms with Gasteiger partial charge in [0.2, 0.25) is 14.3 Å². The quantitative estimate of drug-likeness (QED) is 0.00817. The Hall–Kier alpha value is -8.78. The smallest absolute Gasteiger partial charge is 0.335 e. The van der Waals surface area contributed by atoms with Crippen LogP contribution in [-0.4, -0.2) is 118 Å². The highest BCUT2D eigenvalue weighted by molar-refractivity contribution is 8.26. The molecule has 0 saturated carbocycles. The van der Waals surface area contributed by atoms with Gasteiger partial charge < -0.3 is 98.2 Å². The van der Waals surface area contributed by atoms with Crippen LogP contribution < -0.4 is 57.4 Å². The molecule has 596 valence electrons. The monoisotopic (exact) mass is 1710 g/mol. The largest absolute Gasteiger partial charge is 0.755 e. The number of hydrogen-bond donors (Lipinski definition) is 6. The van der Waals surface area contributed by atoms with Gasteiger partial charge in [-0.15, -0.1) is 25.8 Å². The molecule has 4 aliphatic rings. The van der Waals surface area contributed by atoms with Crippen molar-refractivity contribution < 1.29 is 82.5 Å². The van der Waals surface area contributed by atoms with E-state index in [1.807, 2.05) is 79.4 Å². The number of thiol groups is 1. The molecule has 0 amide bonds. The Balaban J connectivity index is 0.000000253. The van der Waals surface area contributed by atoms with Crippen LogP contribution in [0.3, 0.4) is 0 Å². The lowest BCUT2D eigenvalue weighted by molar-refractivity contribution is 0.0696. The highest BCUT2D eigenvalue weighted by atomic mass is 36.0. The van der Waals surface area contributed by atoms with Crippen molar-refractivity contribution in [2.45, 2.75) is 65.2 Å². The van der Waals surface area contributed by atoms with Crippen LogP contribution in [0.5, 0.6) is 46.0 Å². The molecule has 0 aromatic heterocycles. The van der Waals surface area contributed by atoms with Crippen LogP contribution in [-0.2, 0) is 66.9 Å². The molecule has 0 aliphatic carbocycles. The van der Waals surface area contributed by atoms with Crippen LogP contribution in [0.1, 0.15) is 107 Å². The SMILES string of the molecule is C=CC.C=CC.O=C(Cl)c1cc(NS(=O)[O-])c(Oc2ccccc2)c(N2CCCC2)c1.O=C(O)c1cc(NS(=O)[O-])c(Oc2ccccc2)c(N2CCCC2)c1.O=C(S)c1cc(NS(=O)[O-])c(Oc2ccccc2)c(N2CCCC2)c1.O=C([S-])c1cc(NS(=O)[O-])c(Oc2ccccc2)c(N2CCCC2)c1.O=S(Cl)Cl.[CH3+]. The van der Waals surface area contributed by atoms with Crippen molar-refractivity contribution in [3.63, 3.8) is 0 Å². The van der Waals surface area contributed by atoms with Crippen LogP contribution in [0.15, 0.2) is 195 Å². The van der Waals surface area contributed by atoms with Crippen molar-refractivity contribution in [2.24, 2.45) is 0 Å². The minimum Gasteiger partial charge on any atom is -0.755 e. The molecule has 8 aromatic rings. The van der Waals surface area contributed by atoms with E-state index in [0.717, 1.165) is 104 Å². The molecule has 4 unspecified atom stereocenters. The first-order valence-corrected chi connectivity index (χ1v) is 41.9. The number of carbonyl (C=O) groups is 4. The number of halogens is 3. The molecule has 4 heterocycles. The predicted octanol–water partition coefficient (Wildman–Crippen LogP) is 16.9. The average molecular weight is 1710 g/mol. The first kappa shape index (κ1) is 92.8. The summed E-state index contributed by atoms with van der Waals surface area (Å²) >= 11 is 3.95. The Bertz CT molecular complexity index is 3950. The molecule has 36 heteroatoms. The van der Waals surface area contributed by atoms with Crippen molar-refractivity contribution in [1.29, 1.82) is 0 Å². The van der Waals surface area contributed by atoms with Crippen LogP contribution in [0.2, 0.25) is 0 Å². The Kier molecular flexibility index (Phi) is 40.9. The number of aromatic carboxylic acids is 1. The van der Waals surface area contributed by atoms with Gasteiger partial charge in [-0.2, -0.15) is 0 Å². The summed E-state index contributed by atoms with van der Waals surface area (Å²) in [6, 6.07) is 48.1. The lowest BCUT2D eigenvalue weighted by Gasteiger charge is -2.25. The van der Waals surface area contributed by atoms with Gasteiger partial charge in [0.1, 0.15) is 23.0 Å². The summed E-state index contributed by atoms with van der Waals surface area (Å²) in [5, 5.41) is 7.70. The van der Waals surface area contributed by atoms with Gasteiger partial charge in [-0.25, -0.2) is 9.00 Å². The van der Waals surface area contributed by atoms with Gasteiger partial charge in [-0.1, -0.05) is 84.9 Å². The number of anilines is 8. The van der Waals surface area contributed by atoms with E-state index in [9.17, 15) is 59.3 Å². The number of carbonyl (C=O) groups excluding carboxylic acids is 3. The molecule has 0 spiro atoms. The number of nitrogens with zero attached hydrogens (tertiary/aromatic N) is 4. The second kappa shape index (κ2) is 48.9. The fourth-order valence-electron chi connectivity index (χ4n) is 11.2. The van der Waals surface area contributed by atoms with E-state index in [-0.39, 0.29) is 46.9 Å². The van der Waals surface area contributed by atoms with Crippen molar-refractivity contribution in [1.82, 2.24) is 0 Å². The number of para-hydroxylation sites is 4. The van der Waals surface area contributed by atoms with E-state index in [1.54, 1.807) is 91.0 Å². The summed E-state index contributed by atoms with van der Waals surface area (Å²) in [4.78, 5) is 54.7. The van der Waals surface area contributed by atoms with E-state index in [2.05, 4.69) is 80.7 Å². The van der Waals surface area contributed by atoms with Gasteiger partial charge >= 0.3 is 5.97 Å². The Morgan fingerprint density at radius 2 is 0.640 bits per heavy atom. The highest BCUT2D eigenvalue weighted by Crippen LogP contribution is 2.47. The predicted molar refractivity (Wildman–Crippen MR) is 448 cm³/mol. The second-order valence-electron chi connectivity index (χ2n) is 23.4. The summed E-state index contributed by atoms with van der Waals surface area (Å²) in [5.41, 5.74) is 3.96. The molecule has 4 fully saturated rings. The van der Waals surface area contributed by atoms with E-state index >= 15 is 0 Å². The van der Waals surface area contributed by atoms with E-state index in [1.165, 1.54) is 30.3 Å². The maximum atomic E-state index is 11.7. The number of carboxylic acids is 1. The maximum absolute atomic E-state index is 11.7. The topological polar surface area (TPSA) is 364 Å². The molecule has 5 N–H and O–H groups in total. The minimum absolute atomic E-state index is 0. The summed E-state index contributed by atoms with van der Waals surface area (Å²) in [7, 11) is 7.36. The molecule has 12 rings (SSSR count). The van der Waals surface area contributed by atoms with Crippen LogP contribution in [0, 0.1) is 7.43 Å². The zero-order valence-electron chi connectivity index (χ0n) is 60.3. The zero-order valence-corrected chi connectivity index (χ0v) is 68.3. The average Bonchev–Trinajstić information content (AvgIpc) is 1.75. The van der Waals surface area contributed by atoms with Gasteiger partial charge in [0.15, 0.2) is 23.0 Å². The summed E-state index contributed by atoms with van der Waals surface area (Å²) < 4.78 is 132. The van der Waals surface area contributed by atoms with Gasteiger partial charge in [0, 0.05) is 142 Å². The first-order valence-electron chi connectivity index (χ1n) is 33.6. The number of carboxylic acid groups (broad SMARTS) is 1. The van der Waals surface area contributed by atoms with E-state index < -0.39 is 75.7 Å². The number of ether oxygens (including phenoxy) is 4. The third-order valence-corrected chi connectivity index (χ3v) is 17.9. The Morgan fingerprint density at radius 1 is 0.432 bits per heavy atom. The molecule has 4 aliphatic heterocycles. The lowest BCUT2D eigenvalue weighted by Crippen LogP contribution is -2.20. The zero-order chi connectivity index (χ0) is 80.2. The second-order valence-corrected chi connectivity index (χ2v) is 29.8. The number of rotatable bonds is 24. The lowest BCUT2D eigenvalue weighted by atomic mass is 10.1. The molecule has 26 nitrogen and oxygen atoms in total. The third kappa shape index (κ3) is 31.0. The molecule has 8 aromatic carbocycles. The molecule has 0 radical (unpaired) electrons. The molecule has 111 heavy (non-hydrogen) atoms. The fourth-order valence-corrected chi connectivity index (χ4v) is 12.9. The van der Waals surface area contributed by atoms with Gasteiger partial charge in [0.25, 0.3) is 5.24 Å². The minimum atomic E-state index is -2.61. The van der Waals surface area contributed by atoms with Crippen LogP contribution in [0.25, 0.3) is 0 Å². The third-order valence-electron chi connectivity index (χ3n) is 15.6. The number of nitrogens with one attached hydrogen (secondary N) is 4. The van der Waals surface area contributed by atoms with E-state index in [0.29, 0.717) is 74.3 Å². The summed E-state index contributed by atoms with van der Waals surface area (Å²) in [6.07, 6.45) is 11.6. The van der Waals surface area contributed by atoms with Crippen molar-refractivity contribution in [3.05, 3.63) is 225 Å². The Labute approximate surface area is 683 Å². The van der Waals surface area contributed by atoms with Crippen molar-refractivity contribution >= 4 is 179 Å². The van der Waals surface area contributed by atoms with Crippen molar-refractivity contribution in [2.75, 3.05) is 90.8 Å². The summed E-state index contributed by atoms with van der Waals surface area (Å²) in [6.45, 7) is 16.9. The van der Waals surface area contributed by atoms with Gasteiger partial charge in [-0.05, 0) is 179 Å². The normalized spacial score (nSPS) is 14.1. The molecule has 0 bridgehead atoms. The highest BCUT2D eigenvalue weighted by Gasteiger charge is 2.28. The number of allylic oxidation sites excluding steroid dienone is 2. The Morgan fingerprint density at radius 3 is 0.856 bits per heavy atom. The van der Waals surface area contributed by atoms with Crippen LogP contribution >= 0.6 is 45.6 Å². The molecule has 4 atom stereocenters. The van der Waals surface area contributed by atoms with Crippen LogP contribution in [0.4, 0.5) is 45.5 Å². The fraction of sp³-hybridized carbons (Fsp3) is 0.240. The summed E-state index contributed by atoms with van der Waals surface area (Å²) in [5.74, 6) is 2.48. The maximum Gasteiger partial charge on any atom is 0.335 e. The first-order chi connectivity index (χ1) is 52.7. The number of benzene rings is 8. The van der Waals surface area contributed by atoms with Gasteiger partial charge in [-0.3, -0.25) is 26.4 Å². The molecular formula is C75H81Cl3N8O18S7-4. The standard InChI is InChI=1S/C17H17ClN2O4S.C17H18N2O5S.2C17H18N2O4S2.2C3H6.CH3.Cl2OS/c18-17(21)12-10-14(19-25(22)23)16(24-13-6-2-1-3-7-13)15(11-12)20-8-4-5-9-20;20-17(21)12-10-14(18-25(22)23)16(24-13-6-2-1-3-7-13)15(11-12)19-8-4-5-9-19;2*20-17(24)12-10-14(18-25(21)22)16(23-13-6-2-1-3-7-13)15(11-12)19-8-4-5-9-19;2*1-3-2;;1-4(2)3/h1-3,6-7,10-11,19H,4-5,8-9H2,(H,22,23);1-3,6-7,10-11,18H,4-5,8-9H2,(H,20,21)(H,22,23);2*1-3,6-7,10-11,18H,4-5,8-9H2,(H,20,24)(H,21,22);2*3H,1H2,2H3;1H3;/q;;;;;;+1;/p-5. The molecule has 4 saturated heterocycles. The van der Waals surface area contributed by atoms with Gasteiger partial charge in [0.05, 0.1) is 51.1 Å². The molecular weight excluding hydrogens is 1630 g/mol. The number of hydrogen-bond acceptors (Lipinski definition) is 22. The van der Waals surface area contributed by atoms with Crippen molar-refractivity contribution in [3.8, 4) is 46.0 Å².